The molecule has 1 amide bonds. The molecule has 0 bridgehead atoms. The van der Waals surface area contributed by atoms with Gasteiger partial charge < -0.3 is 14.2 Å². The Morgan fingerprint density at radius 2 is 1.92 bits per heavy atom. The molecule has 5 heteroatoms. The van der Waals surface area contributed by atoms with Crippen LogP contribution in [0, 0.1) is 6.92 Å². The fraction of sp³-hybridized carbons (Fsp3) is 0.238. The number of anilines is 1. The van der Waals surface area contributed by atoms with Gasteiger partial charge in [-0.05, 0) is 42.8 Å². The highest BCUT2D eigenvalue weighted by molar-refractivity contribution is 5.91. The third kappa shape index (κ3) is 3.33. The number of carbonyl (C=O) groups excluding carboxylic acids is 1. The number of nitrogens with zero attached hydrogens (tertiary/aromatic N) is 4. The standard InChI is InChI=1S/C21H22N4O/c1-17-5-4-6-18(15-17)23-11-13-24(14-12-23)21(26)9-8-19-16-22-20-7-2-3-10-25(19)20/h2-10,15-16H,11-14H2,1H3/b9-8+. The van der Waals surface area contributed by atoms with Crippen LogP contribution in [0.25, 0.3) is 11.7 Å². The molecule has 0 saturated carbocycles. The van der Waals surface area contributed by atoms with Gasteiger partial charge in [0.15, 0.2) is 0 Å². The highest BCUT2D eigenvalue weighted by Gasteiger charge is 2.19. The lowest BCUT2D eigenvalue weighted by Gasteiger charge is -2.35. The fourth-order valence-electron chi connectivity index (χ4n) is 3.35. The highest BCUT2D eigenvalue weighted by atomic mass is 16.2. The summed E-state index contributed by atoms with van der Waals surface area (Å²) in [5, 5.41) is 0. The molecule has 4 rings (SSSR count). The Kier molecular flexibility index (Phi) is 4.44. The van der Waals surface area contributed by atoms with Crippen molar-refractivity contribution in [2.45, 2.75) is 6.92 Å². The quantitative estimate of drug-likeness (QED) is 0.685. The van der Waals surface area contributed by atoms with Gasteiger partial charge in [-0.3, -0.25) is 4.79 Å². The molecular weight excluding hydrogens is 324 g/mol. The number of aryl methyl sites for hydroxylation is 1. The molecule has 1 aliphatic rings. The van der Waals surface area contributed by atoms with Crippen LogP contribution in [0.1, 0.15) is 11.3 Å². The lowest BCUT2D eigenvalue weighted by Crippen LogP contribution is -2.48. The Hall–Kier alpha value is -3.08. The normalized spacial score (nSPS) is 15.1. The average Bonchev–Trinajstić information content (AvgIpc) is 3.09. The number of rotatable bonds is 3. The second-order valence-electron chi connectivity index (χ2n) is 6.60. The molecule has 5 nitrogen and oxygen atoms in total. The van der Waals surface area contributed by atoms with Crippen LogP contribution < -0.4 is 4.90 Å². The van der Waals surface area contributed by atoms with Gasteiger partial charge in [0.2, 0.25) is 5.91 Å². The summed E-state index contributed by atoms with van der Waals surface area (Å²) in [4.78, 5) is 21.1. The molecule has 2 aromatic heterocycles. The zero-order valence-corrected chi connectivity index (χ0v) is 14.9. The molecule has 1 aliphatic heterocycles. The number of imidazole rings is 1. The van der Waals surface area contributed by atoms with Crippen molar-refractivity contribution in [2.75, 3.05) is 31.1 Å². The number of piperazine rings is 1. The summed E-state index contributed by atoms with van der Waals surface area (Å²) in [6.07, 6.45) is 7.23. The molecule has 0 unspecified atom stereocenters. The first-order valence-corrected chi connectivity index (χ1v) is 8.91. The summed E-state index contributed by atoms with van der Waals surface area (Å²) in [5.74, 6) is 0.0553. The third-order valence-corrected chi connectivity index (χ3v) is 4.80. The Morgan fingerprint density at radius 3 is 2.73 bits per heavy atom. The number of hydrogen-bond donors (Lipinski definition) is 0. The zero-order valence-electron chi connectivity index (χ0n) is 14.9. The summed E-state index contributed by atoms with van der Waals surface area (Å²) in [6, 6.07) is 14.4. The minimum atomic E-state index is 0.0553. The van der Waals surface area contributed by atoms with Gasteiger partial charge in [0.05, 0.1) is 11.9 Å². The van der Waals surface area contributed by atoms with E-state index in [-0.39, 0.29) is 5.91 Å². The molecule has 3 heterocycles. The molecule has 0 radical (unpaired) electrons. The summed E-state index contributed by atoms with van der Waals surface area (Å²) in [6.45, 7) is 5.31. The lowest BCUT2D eigenvalue weighted by atomic mass is 10.2. The summed E-state index contributed by atoms with van der Waals surface area (Å²) in [7, 11) is 0. The highest BCUT2D eigenvalue weighted by Crippen LogP contribution is 2.18. The van der Waals surface area contributed by atoms with Crippen molar-refractivity contribution < 1.29 is 4.79 Å². The van der Waals surface area contributed by atoms with E-state index in [1.54, 1.807) is 12.3 Å². The topological polar surface area (TPSA) is 40.8 Å². The maximum atomic E-state index is 12.5. The van der Waals surface area contributed by atoms with E-state index in [1.165, 1.54) is 11.3 Å². The van der Waals surface area contributed by atoms with Gasteiger partial charge in [-0.1, -0.05) is 18.2 Å². The van der Waals surface area contributed by atoms with Crippen molar-refractivity contribution in [1.29, 1.82) is 0 Å². The third-order valence-electron chi connectivity index (χ3n) is 4.80. The number of amides is 1. The van der Waals surface area contributed by atoms with Crippen molar-refractivity contribution in [3.63, 3.8) is 0 Å². The Labute approximate surface area is 153 Å². The Bertz CT molecular complexity index is 951. The van der Waals surface area contributed by atoms with Crippen LogP contribution in [0.5, 0.6) is 0 Å². The van der Waals surface area contributed by atoms with Crippen LogP contribution in [-0.2, 0) is 4.79 Å². The van der Waals surface area contributed by atoms with E-state index in [2.05, 4.69) is 41.1 Å². The van der Waals surface area contributed by atoms with Crippen molar-refractivity contribution >= 4 is 23.3 Å². The molecule has 1 fully saturated rings. The first-order chi connectivity index (χ1) is 12.7. The number of benzene rings is 1. The van der Waals surface area contributed by atoms with E-state index >= 15 is 0 Å². The molecule has 0 N–H and O–H groups in total. The van der Waals surface area contributed by atoms with Gasteiger partial charge in [-0.2, -0.15) is 0 Å². The predicted octanol–water partition coefficient (Wildman–Crippen LogP) is 3.00. The van der Waals surface area contributed by atoms with Gasteiger partial charge >= 0.3 is 0 Å². The van der Waals surface area contributed by atoms with Crippen LogP contribution in [-0.4, -0.2) is 46.4 Å². The van der Waals surface area contributed by atoms with Crippen molar-refractivity contribution in [3.05, 3.63) is 72.2 Å². The van der Waals surface area contributed by atoms with Gasteiger partial charge in [-0.15, -0.1) is 0 Å². The van der Waals surface area contributed by atoms with E-state index in [9.17, 15) is 4.79 Å². The van der Waals surface area contributed by atoms with E-state index in [0.717, 1.165) is 37.5 Å². The van der Waals surface area contributed by atoms with Crippen molar-refractivity contribution in [2.24, 2.45) is 0 Å². The monoisotopic (exact) mass is 346 g/mol. The van der Waals surface area contributed by atoms with Gasteiger partial charge in [0.25, 0.3) is 0 Å². The van der Waals surface area contributed by atoms with Crippen molar-refractivity contribution in [3.8, 4) is 0 Å². The van der Waals surface area contributed by atoms with Gasteiger partial charge in [-0.25, -0.2) is 4.98 Å². The number of aromatic nitrogens is 2. The van der Waals surface area contributed by atoms with Crippen molar-refractivity contribution in [1.82, 2.24) is 14.3 Å². The van der Waals surface area contributed by atoms with Crippen LogP contribution in [0.4, 0.5) is 5.69 Å². The maximum absolute atomic E-state index is 12.5. The van der Waals surface area contributed by atoms with Crippen LogP contribution in [0.15, 0.2) is 60.9 Å². The summed E-state index contributed by atoms with van der Waals surface area (Å²) in [5.41, 5.74) is 4.29. The number of hydrogen-bond acceptors (Lipinski definition) is 3. The molecule has 0 aliphatic carbocycles. The number of pyridine rings is 1. The second kappa shape index (κ2) is 7.04. The smallest absolute Gasteiger partial charge is 0.246 e. The molecule has 0 spiro atoms. The lowest BCUT2D eigenvalue weighted by molar-refractivity contribution is -0.126. The molecule has 1 aromatic carbocycles. The zero-order chi connectivity index (χ0) is 17.9. The molecule has 132 valence electrons. The van der Waals surface area contributed by atoms with Gasteiger partial charge in [0.1, 0.15) is 5.65 Å². The predicted molar refractivity (Wildman–Crippen MR) is 104 cm³/mol. The number of fused-ring (bicyclic) bond motifs is 1. The van der Waals surface area contributed by atoms with E-state index in [4.69, 9.17) is 0 Å². The fourth-order valence-corrected chi connectivity index (χ4v) is 3.35. The van der Waals surface area contributed by atoms with Gasteiger partial charge in [0, 0.05) is 44.1 Å². The second-order valence-corrected chi connectivity index (χ2v) is 6.60. The first-order valence-electron chi connectivity index (χ1n) is 8.91. The summed E-state index contributed by atoms with van der Waals surface area (Å²) < 4.78 is 1.97. The maximum Gasteiger partial charge on any atom is 0.246 e. The minimum absolute atomic E-state index is 0.0553. The number of carbonyl (C=O) groups is 1. The van der Waals surface area contributed by atoms with Crippen LogP contribution in [0.2, 0.25) is 0 Å². The Morgan fingerprint density at radius 1 is 1.08 bits per heavy atom. The molecule has 26 heavy (non-hydrogen) atoms. The molecule has 0 atom stereocenters. The average molecular weight is 346 g/mol. The molecule has 1 saturated heterocycles. The molecule has 3 aromatic rings. The SMILES string of the molecule is Cc1cccc(N2CCN(C(=O)/C=C/c3cnc4ccccn34)CC2)c1. The first kappa shape index (κ1) is 16.4. The van der Waals surface area contributed by atoms with E-state index in [0.29, 0.717) is 0 Å². The Balaban J connectivity index is 1.39. The van der Waals surface area contributed by atoms with Crippen LogP contribution in [0.3, 0.4) is 0 Å². The van der Waals surface area contributed by atoms with E-state index < -0.39 is 0 Å². The largest absolute Gasteiger partial charge is 0.368 e. The van der Waals surface area contributed by atoms with E-state index in [1.807, 2.05) is 39.8 Å². The summed E-state index contributed by atoms with van der Waals surface area (Å²) >= 11 is 0. The molecular formula is C21H22N4O. The van der Waals surface area contributed by atoms with Crippen LogP contribution >= 0.6 is 0 Å². The minimum Gasteiger partial charge on any atom is -0.368 e.